The molecule has 2 aromatic heterocycles. The van der Waals surface area contributed by atoms with Crippen molar-refractivity contribution in [2.45, 2.75) is 51.4 Å². The number of aromatic nitrogens is 4. The van der Waals surface area contributed by atoms with Crippen LogP contribution in [0, 0.1) is 0 Å². The second kappa shape index (κ2) is 8.02. The monoisotopic (exact) mass is 368 g/mol. The summed E-state index contributed by atoms with van der Waals surface area (Å²) >= 11 is 0. The van der Waals surface area contributed by atoms with E-state index < -0.39 is 0 Å². The van der Waals surface area contributed by atoms with Crippen LogP contribution < -0.4 is 0 Å². The molecule has 4 rings (SSSR count). The Hall–Kier alpha value is -2.51. The van der Waals surface area contributed by atoms with Crippen molar-refractivity contribution in [1.29, 1.82) is 0 Å². The third-order valence-electron chi connectivity index (χ3n) is 5.15. The molecule has 0 aliphatic heterocycles. The van der Waals surface area contributed by atoms with Gasteiger partial charge in [-0.05, 0) is 18.4 Å². The molecule has 27 heavy (non-hydrogen) atoms. The number of hydrogen-bond acceptors (Lipinski definition) is 6. The molecule has 1 fully saturated rings. The highest BCUT2D eigenvalue weighted by molar-refractivity contribution is 5.61. The lowest BCUT2D eigenvalue weighted by molar-refractivity contribution is 0.171. The first-order valence-corrected chi connectivity index (χ1v) is 9.39. The van der Waals surface area contributed by atoms with Crippen molar-refractivity contribution in [3.05, 3.63) is 41.7 Å². The van der Waals surface area contributed by atoms with Gasteiger partial charge in [-0.25, -0.2) is 0 Å². The molecule has 1 aliphatic rings. The molecule has 142 valence electrons. The number of aliphatic hydroxyl groups is 1. The van der Waals surface area contributed by atoms with Crippen LogP contribution in [0.15, 0.2) is 35.0 Å². The zero-order valence-corrected chi connectivity index (χ0v) is 15.5. The first-order valence-electron chi connectivity index (χ1n) is 9.39. The average Bonchev–Trinajstić information content (AvgIpc) is 3.36. The number of aliphatic hydroxyl groups excluding tert-OH is 1. The standard InChI is InChI=1S/C20H24N4O3/c1-26-13-18-17(11-21-24(18)16-5-3-2-4-6-16)20-22-19(23-27-20)15-9-7-14(12-25)8-10-15/h7-11,16,25H,2-6,12-13H2,1H3. The fourth-order valence-corrected chi connectivity index (χ4v) is 3.70. The predicted octanol–water partition coefficient (Wildman–Crippen LogP) is 3.74. The maximum Gasteiger partial charge on any atom is 0.261 e. The summed E-state index contributed by atoms with van der Waals surface area (Å²) in [5.41, 5.74) is 3.50. The van der Waals surface area contributed by atoms with E-state index in [0.29, 0.717) is 24.4 Å². The smallest absolute Gasteiger partial charge is 0.261 e. The van der Waals surface area contributed by atoms with Crippen LogP contribution in [-0.2, 0) is 18.0 Å². The normalized spacial score (nSPS) is 15.3. The summed E-state index contributed by atoms with van der Waals surface area (Å²) in [7, 11) is 1.68. The zero-order valence-electron chi connectivity index (χ0n) is 15.5. The summed E-state index contributed by atoms with van der Waals surface area (Å²) in [6, 6.07) is 7.86. The van der Waals surface area contributed by atoms with Gasteiger partial charge >= 0.3 is 0 Å². The van der Waals surface area contributed by atoms with Gasteiger partial charge in [-0.3, -0.25) is 4.68 Å². The summed E-state index contributed by atoms with van der Waals surface area (Å²) < 4.78 is 13.0. The second-order valence-electron chi connectivity index (χ2n) is 6.95. The summed E-state index contributed by atoms with van der Waals surface area (Å²) in [6.07, 6.45) is 7.86. The number of hydrogen-bond donors (Lipinski definition) is 1. The van der Waals surface area contributed by atoms with E-state index >= 15 is 0 Å². The lowest BCUT2D eigenvalue weighted by Crippen LogP contribution is -2.17. The number of nitrogens with zero attached hydrogens (tertiary/aromatic N) is 4. The molecule has 1 N–H and O–H groups in total. The van der Waals surface area contributed by atoms with Gasteiger partial charge in [0, 0.05) is 12.7 Å². The van der Waals surface area contributed by atoms with Gasteiger partial charge in [0.1, 0.15) is 0 Å². The highest BCUT2D eigenvalue weighted by atomic mass is 16.5. The van der Waals surface area contributed by atoms with Crippen LogP contribution in [0.4, 0.5) is 0 Å². The molecule has 7 nitrogen and oxygen atoms in total. The molecule has 0 unspecified atom stereocenters. The predicted molar refractivity (Wildman–Crippen MR) is 99.7 cm³/mol. The summed E-state index contributed by atoms with van der Waals surface area (Å²) in [6.45, 7) is 0.466. The van der Waals surface area contributed by atoms with E-state index in [1.165, 1.54) is 19.3 Å². The van der Waals surface area contributed by atoms with E-state index in [4.69, 9.17) is 9.26 Å². The van der Waals surface area contributed by atoms with Gasteiger partial charge in [0.05, 0.1) is 36.7 Å². The molecular formula is C20H24N4O3. The van der Waals surface area contributed by atoms with Crippen molar-refractivity contribution in [2.75, 3.05) is 7.11 Å². The Balaban J connectivity index is 1.64. The van der Waals surface area contributed by atoms with Gasteiger partial charge in [-0.2, -0.15) is 10.1 Å². The third-order valence-corrected chi connectivity index (χ3v) is 5.15. The zero-order chi connectivity index (χ0) is 18.6. The molecule has 0 spiro atoms. The molecule has 0 saturated heterocycles. The van der Waals surface area contributed by atoms with Crippen LogP contribution in [0.5, 0.6) is 0 Å². The Morgan fingerprint density at radius 1 is 1.19 bits per heavy atom. The van der Waals surface area contributed by atoms with Gasteiger partial charge < -0.3 is 14.4 Å². The topological polar surface area (TPSA) is 86.2 Å². The minimum absolute atomic E-state index is 0.0124. The van der Waals surface area contributed by atoms with Gasteiger partial charge in [0.15, 0.2) is 0 Å². The van der Waals surface area contributed by atoms with E-state index in [1.54, 1.807) is 13.3 Å². The number of methoxy groups -OCH3 is 1. The largest absolute Gasteiger partial charge is 0.392 e. The molecule has 0 atom stereocenters. The third kappa shape index (κ3) is 3.65. The fourth-order valence-electron chi connectivity index (χ4n) is 3.70. The Kier molecular flexibility index (Phi) is 5.31. The Morgan fingerprint density at radius 2 is 1.96 bits per heavy atom. The second-order valence-corrected chi connectivity index (χ2v) is 6.95. The van der Waals surface area contributed by atoms with Crippen molar-refractivity contribution in [2.24, 2.45) is 0 Å². The van der Waals surface area contributed by atoms with Gasteiger partial charge in [0.2, 0.25) is 5.82 Å². The highest BCUT2D eigenvalue weighted by Crippen LogP contribution is 2.33. The van der Waals surface area contributed by atoms with E-state index in [9.17, 15) is 5.11 Å². The van der Waals surface area contributed by atoms with Gasteiger partial charge in [-0.1, -0.05) is 48.7 Å². The Labute approximate surface area is 158 Å². The van der Waals surface area contributed by atoms with Crippen LogP contribution in [0.25, 0.3) is 22.8 Å². The highest BCUT2D eigenvalue weighted by Gasteiger charge is 2.24. The molecule has 7 heteroatoms. The van der Waals surface area contributed by atoms with Crippen LogP contribution in [0.1, 0.15) is 49.4 Å². The maximum absolute atomic E-state index is 9.17. The van der Waals surface area contributed by atoms with Crippen molar-refractivity contribution < 1.29 is 14.4 Å². The summed E-state index contributed by atoms with van der Waals surface area (Å²) in [5.74, 6) is 0.966. The fraction of sp³-hybridized carbons (Fsp3) is 0.450. The molecular weight excluding hydrogens is 344 g/mol. The van der Waals surface area contributed by atoms with E-state index in [0.717, 1.165) is 35.2 Å². The van der Waals surface area contributed by atoms with E-state index in [2.05, 4.69) is 19.9 Å². The number of benzene rings is 1. The SMILES string of the molecule is COCc1c(-c2nc(-c3ccc(CO)cc3)no2)cnn1C1CCCCC1. The lowest BCUT2D eigenvalue weighted by Gasteiger charge is -2.24. The lowest BCUT2D eigenvalue weighted by atomic mass is 9.95. The average molecular weight is 368 g/mol. The minimum atomic E-state index is 0.0124. The van der Waals surface area contributed by atoms with E-state index in [-0.39, 0.29) is 6.61 Å². The molecule has 1 saturated carbocycles. The van der Waals surface area contributed by atoms with Gasteiger partial charge in [-0.15, -0.1) is 0 Å². The molecule has 2 heterocycles. The quantitative estimate of drug-likeness (QED) is 0.713. The number of ether oxygens (including phenoxy) is 1. The minimum Gasteiger partial charge on any atom is -0.392 e. The van der Waals surface area contributed by atoms with Crippen molar-refractivity contribution in [3.8, 4) is 22.8 Å². The molecule has 0 radical (unpaired) electrons. The van der Waals surface area contributed by atoms with E-state index in [1.807, 2.05) is 24.3 Å². The molecule has 0 amide bonds. The Bertz CT molecular complexity index is 879. The molecule has 3 aromatic rings. The van der Waals surface area contributed by atoms with Crippen molar-refractivity contribution >= 4 is 0 Å². The van der Waals surface area contributed by atoms with Gasteiger partial charge in [0.25, 0.3) is 5.89 Å². The first kappa shape index (κ1) is 17.9. The van der Waals surface area contributed by atoms with Crippen molar-refractivity contribution in [1.82, 2.24) is 19.9 Å². The summed E-state index contributed by atoms with van der Waals surface area (Å²) in [4.78, 5) is 4.56. The number of rotatable bonds is 6. The summed E-state index contributed by atoms with van der Waals surface area (Å²) in [5, 5.41) is 17.9. The van der Waals surface area contributed by atoms with Crippen LogP contribution in [0.2, 0.25) is 0 Å². The van der Waals surface area contributed by atoms with Crippen LogP contribution >= 0.6 is 0 Å². The Morgan fingerprint density at radius 3 is 2.67 bits per heavy atom. The molecule has 0 bridgehead atoms. The van der Waals surface area contributed by atoms with Crippen LogP contribution in [0.3, 0.4) is 0 Å². The van der Waals surface area contributed by atoms with Crippen LogP contribution in [-0.4, -0.2) is 32.1 Å². The maximum atomic E-state index is 9.17. The molecule has 1 aromatic carbocycles. The first-order chi connectivity index (χ1) is 13.3. The molecule has 1 aliphatic carbocycles. The van der Waals surface area contributed by atoms with Crippen molar-refractivity contribution in [3.63, 3.8) is 0 Å².